The van der Waals surface area contributed by atoms with E-state index in [1.54, 1.807) is 19.2 Å². The molecule has 21 heavy (non-hydrogen) atoms. The highest BCUT2D eigenvalue weighted by atomic mass is 16.7. The minimum atomic E-state index is -0.234. The third-order valence-electron chi connectivity index (χ3n) is 2.97. The number of nitrogens with two attached hydrogens (primary N) is 1. The summed E-state index contributed by atoms with van der Waals surface area (Å²) in [6.07, 6.45) is 0.722. The first kappa shape index (κ1) is 15.4. The Morgan fingerprint density at radius 3 is 2.81 bits per heavy atom. The molecule has 0 atom stereocenters. The minimum Gasteiger partial charge on any atom is -0.454 e. The largest absolute Gasteiger partial charge is 0.454 e. The van der Waals surface area contributed by atoms with Gasteiger partial charge in [-0.15, -0.1) is 0 Å². The number of carbonyl (C=O) groups is 1. The van der Waals surface area contributed by atoms with Gasteiger partial charge in [0.1, 0.15) is 0 Å². The van der Waals surface area contributed by atoms with E-state index in [1.807, 2.05) is 0 Å². The number of anilines is 1. The molecule has 3 N–H and O–H groups in total. The van der Waals surface area contributed by atoms with Crippen LogP contribution in [-0.2, 0) is 9.47 Å². The predicted octanol–water partition coefficient (Wildman–Crippen LogP) is 0.780. The highest BCUT2D eigenvalue weighted by molar-refractivity contribution is 6.00. The smallest absolute Gasteiger partial charge is 0.253 e. The van der Waals surface area contributed by atoms with Gasteiger partial charge in [0.05, 0.1) is 18.8 Å². The summed E-state index contributed by atoms with van der Waals surface area (Å²) in [4.78, 5) is 12.1. The number of hydrogen-bond acceptors (Lipinski definition) is 6. The molecule has 1 aliphatic rings. The normalized spacial score (nSPS) is 12.4. The molecule has 0 unspecified atom stereocenters. The number of nitrogen functional groups attached to an aromatic ring is 1. The third kappa shape index (κ3) is 4.24. The molecule has 2 rings (SSSR count). The van der Waals surface area contributed by atoms with Crippen molar-refractivity contribution in [1.82, 2.24) is 5.32 Å². The van der Waals surface area contributed by atoms with Gasteiger partial charge >= 0.3 is 0 Å². The number of amides is 1. The van der Waals surface area contributed by atoms with Crippen LogP contribution >= 0.6 is 0 Å². The van der Waals surface area contributed by atoms with Crippen LogP contribution in [0.3, 0.4) is 0 Å². The van der Waals surface area contributed by atoms with Gasteiger partial charge in [0.15, 0.2) is 11.5 Å². The van der Waals surface area contributed by atoms with Gasteiger partial charge < -0.3 is 30.0 Å². The first-order valence-corrected chi connectivity index (χ1v) is 6.76. The number of fused-ring (bicyclic) bond motifs is 1. The van der Waals surface area contributed by atoms with Crippen molar-refractivity contribution in [3.63, 3.8) is 0 Å². The molecule has 0 aliphatic carbocycles. The fourth-order valence-electron chi connectivity index (χ4n) is 1.87. The van der Waals surface area contributed by atoms with Gasteiger partial charge in [-0.25, -0.2) is 0 Å². The average molecular weight is 296 g/mol. The highest BCUT2D eigenvalue weighted by Crippen LogP contribution is 2.35. The molecule has 7 nitrogen and oxygen atoms in total. The Balaban J connectivity index is 1.76. The second kappa shape index (κ2) is 7.70. The van der Waals surface area contributed by atoms with Crippen molar-refractivity contribution in [3.05, 3.63) is 17.7 Å². The summed E-state index contributed by atoms with van der Waals surface area (Å²) in [7, 11) is 1.62. The summed E-state index contributed by atoms with van der Waals surface area (Å²) in [5.74, 6) is 0.871. The van der Waals surface area contributed by atoms with E-state index in [-0.39, 0.29) is 12.7 Å². The number of benzene rings is 1. The predicted molar refractivity (Wildman–Crippen MR) is 76.6 cm³/mol. The van der Waals surface area contributed by atoms with E-state index in [4.69, 9.17) is 24.7 Å². The molecule has 1 amide bonds. The van der Waals surface area contributed by atoms with Gasteiger partial charge in [0.25, 0.3) is 5.91 Å². The molecule has 116 valence electrons. The van der Waals surface area contributed by atoms with Crippen molar-refractivity contribution in [2.24, 2.45) is 0 Å². The van der Waals surface area contributed by atoms with Crippen LogP contribution in [0.15, 0.2) is 12.1 Å². The zero-order chi connectivity index (χ0) is 15.1. The molecule has 7 heteroatoms. The molecule has 1 heterocycles. The molecular formula is C14H20N2O5. The second-order valence-corrected chi connectivity index (χ2v) is 4.51. The summed E-state index contributed by atoms with van der Waals surface area (Å²) in [5, 5.41) is 2.80. The maximum atomic E-state index is 12.1. The van der Waals surface area contributed by atoms with Gasteiger partial charge in [-0.2, -0.15) is 0 Å². The minimum absolute atomic E-state index is 0.151. The Morgan fingerprint density at radius 2 is 2.05 bits per heavy atom. The van der Waals surface area contributed by atoms with Crippen LogP contribution < -0.4 is 20.5 Å². The Hall–Kier alpha value is -1.99. The lowest BCUT2D eigenvalue weighted by Crippen LogP contribution is -2.26. The highest BCUT2D eigenvalue weighted by Gasteiger charge is 2.19. The van der Waals surface area contributed by atoms with E-state index in [0.717, 1.165) is 6.42 Å². The van der Waals surface area contributed by atoms with Gasteiger partial charge in [0.2, 0.25) is 6.79 Å². The van der Waals surface area contributed by atoms with Gasteiger partial charge in [-0.1, -0.05) is 0 Å². The summed E-state index contributed by atoms with van der Waals surface area (Å²) in [6.45, 7) is 2.36. The van der Waals surface area contributed by atoms with E-state index in [1.165, 1.54) is 0 Å². The van der Waals surface area contributed by atoms with Crippen molar-refractivity contribution in [3.8, 4) is 11.5 Å². The molecule has 1 aromatic carbocycles. The lowest BCUT2D eigenvalue weighted by Gasteiger charge is -2.09. The number of nitrogens with one attached hydrogen (secondary N) is 1. The Bertz CT molecular complexity index is 492. The first-order valence-electron chi connectivity index (χ1n) is 6.76. The fourth-order valence-corrected chi connectivity index (χ4v) is 1.87. The van der Waals surface area contributed by atoms with Crippen molar-refractivity contribution in [2.45, 2.75) is 6.42 Å². The number of methoxy groups -OCH3 is 1. The number of carbonyl (C=O) groups excluding carboxylic acids is 1. The van der Waals surface area contributed by atoms with E-state index >= 15 is 0 Å². The molecule has 0 aromatic heterocycles. The van der Waals surface area contributed by atoms with Crippen LogP contribution in [0.1, 0.15) is 16.8 Å². The maximum absolute atomic E-state index is 12.1. The molecule has 1 aromatic rings. The van der Waals surface area contributed by atoms with E-state index in [2.05, 4.69) is 5.32 Å². The van der Waals surface area contributed by atoms with E-state index in [0.29, 0.717) is 49.1 Å². The lowest BCUT2D eigenvalue weighted by atomic mass is 10.1. The van der Waals surface area contributed by atoms with Gasteiger partial charge in [0, 0.05) is 32.0 Å². The van der Waals surface area contributed by atoms with Crippen LogP contribution in [0.5, 0.6) is 11.5 Å². The zero-order valence-corrected chi connectivity index (χ0v) is 12.0. The van der Waals surface area contributed by atoms with Crippen LogP contribution in [0.25, 0.3) is 0 Å². The number of rotatable bonds is 8. The molecule has 1 aliphatic heterocycles. The Labute approximate surface area is 123 Å². The lowest BCUT2D eigenvalue weighted by molar-refractivity contribution is 0.0688. The summed E-state index contributed by atoms with van der Waals surface area (Å²) in [5.41, 5.74) is 6.60. The molecular weight excluding hydrogens is 276 g/mol. The first-order chi connectivity index (χ1) is 10.2. The molecule has 0 radical (unpaired) electrons. The standard InChI is InChI=1S/C14H20N2O5/c1-18-5-6-19-4-2-3-16-14(17)10-7-12-13(8-11(10)15)21-9-20-12/h7-8H,2-6,9,15H2,1H3,(H,16,17). The molecule has 0 spiro atoms. The van der Waals surface area contributed by atoms with Crippen molar-refractivity contribution < 1.29 is 23.7 Å². The monoisotopic (exact) mass is 296 g/mol. The van der Waals surface area contributed by atoms with Crippen molar-refractivity contribution in [1.29, 1.82) is 0 Å². The van der Waals surface area contributed by atoms with Crippen molar-refractivity contribution >= 4 is 11.6 Å². The maximum Gasteiger partial charge on any atom is 0.253 e. The number of hydrogen-bond donors (Lipinski definition) is 2. The van der Waals surface area contributed by atoms with E-state index < -0.39 is 0 Å². The van der Waals surface area contributed by atoms with Crippen LogP contribution in [0, 0.1) is 0 Å². The summed E-state index contributed by atoms with van der Waals surface area (Å²) in [6, 6.07) is 3.20. The topological polar surface area (TPSA) is 92.0 Å². The van der Waals surface area contributed by atoms with Crippen LogP contribution in [-0.4, -0.2) is 46.2 Å². The quantitative estimate of drug-likeness (QED) is 0.544. The second-order valence-electron chi connectivity index (χ2n) is 4.51. The summed E-state index contributed by atoms with van der Waals surface area (Å²) < 4.78 is 20.6. The average Bonchev–Trinajstić information content (AvgIpc) is 2.92. The SMILES string of the molecule is COCCOCCCNC(=O)c1cc2c(cc1N)OCO2. The molecule has 0 bridgehead atoms. The molecule has 0 fully saturated rings. The van der Waals surface area contributed by atoms with Crippen LogP contribution in [0.4, 0.5) is 5.69 Å². The molecule has 0 saturated carbocycles. The third-order valence-corrected chi connectivity index (χ3v) is 2.97. The Kier molecular flexibility index (Phi) is 5.65. The van der Waals surface area contributed by atoms with Crippen molar-refractivity contribution in [2.75, 3.05) is 46.0 Å². The zero-order valence-electron chi connectivity index (χ0n) is 12.0. The van der Waals surface area contributed by atoms with Gasteiger partial charge in [-0.05, 0) is 12.5 Å². The summed E-state index contributed by atoms with van der Waals surface area (Å²) >= 11 is 0. The fraction of sp³-hybridized carbons (Fsp3) is 0.500. The number of ether oxygens (including phenoxy) is 4. The van der Waals surface area contributed by atoms with E-state index in [9.17, 15) is 4.79 Å². The Morgan fingerprint density at radius 1 is 1.29 bits per heavy atom. The van der Waals surface area contributed by atoms with Gasteiger partial charge in [-0.3, -0.25) is 4.79 Å². The van der Waals surface area contributed by atoms with Crippen LogP contribution in [0.2, 0.25) is 0 Å². The molecule has 0 saturated heterocycles.